The maximum absolute atomic E-state index is 4.35. The fraction of sp³-hybridized carbons (Fsp3) is 0.375. The molecular formula is C16H19N4. The molecule has 1 radical (unpaired) electrons. The van der Waals surface area contributed by atoms with E-state index in [1.54, 1.807) is 0 Å². The van der Waals surface area contributed by atoms with E-state index in [1.807, 2.05) is 18.2 Å². The molecule has 1 aliphatic heterocycles. The number of hydrogen-bond acceptors (Lipinski definition) is 4. The van der Waals surface area contributed by atoms with Crippen molar-refractivity contribution in [2.75, 3.05) is 31.1 Å². The summed E-state index contributed by atoms with van der Waals surface area (Å²) in [5.41, 5.74) is 2.34. The van der Waals surface area contributed by atoms with Crippen LogP contribution in [-0.2, 0) is 12.8 Å². The highest BCUT2D eigenvalue weighted by Gasteiger charge is 2.11. The average molecular weight is 267 g/mol. The average Bonchev–Trinajstić information content (AvgIpc) is 2.55. The normalized spacial score (nSPS) is 15.3. The van der Waals surface area contributed by atoms with Gasteiger partial charge in [0.05, 0.1) is 5.69 Å². The minimum absolute atomic E-state index is 0.923. The summed E-state index contributed by atoms with van der Waals surface area (Å²) in [6.45, 7) is 4.06. The second kappa shape index (κ2) is 6.48. The topological polar surface area (TPSA) is 41.0 Å². The number of nitrogens with zero attached hydrogens (tertiary/aromatic N) is 3. The van der Waals surface area contributed by atoms with Gasteiger partial charge in [-0.2, -0.15) is 5.10 Å². The standard InChI is InChI=1S/C16H19N4/c1-2-4-14(5-3-1)6-7-15-8-9-16(19-18-15)20-12-10-17-11-13-20/h1-2,4-5,8-9,17H,6-7,10-13H2. The van der Waals surface area contributed by atoms with Gasteiger partial charge >= 0.3 is 0 Å². The molecule has 4 heteroatoms. The molecule has 2 aromatic rings. The van der Waals surface area contributed by atoms with Crippen LogP contribution in [0.5, 0.6) is 0 Å². The lowest BCUT2D eigenvalue weighted by molar-refractivity contribution is 0.582. The van der Waals surface area contributed by atoms with Crippen LogP contribution >= 0.6 is 0 Å². The first-order chi connectivity index (χ1) is 9.92. The Balaban J connectivity index is 1.58. The van der Waals surface area contributed by atoms with Gasteiger partial charge in [-0.1, -0.05) is 24.3 Å². The van der Waals surface area contributed by atoms with Gasteiger partial charge in [-0.15, -0.1) is 5.10 Å². The lowest BCUT2D eigenvalue weighted by Gasteiger charge is -2.27. The maximum atomic E-state index is 4.35. The van der Waals surface area contributed by atoms with Crippen molar-refractivity contribution in [1.82, 2.24) is 15.5 Å². The lowest BCUT2D eigenvalue weighted by Crippen LogP contribution is -2.44. The Labute approximate surface area is 119 Å². The number of hydrogen-bond donors (Lipinski definition) is 1. The van der Waals surface area contributed by atoms with Crippen molar-refractivity contribution in [1.29, 1.82) is 0 Å². The summed E-state index contributed by atoms with van der Waals surface area (Å²) in [6.07, 6.45) is 1.91. The molecule has 2 heterocycles. The maximum Gasteiger partial charge on any atom is 0.151 e. The monoisotopic (exact) mass is 267 g/mol. The molecule has 0 atom stereocenters. The first-order valence-electron chi connectivity index (χ1n) is 7.15. The highest BCUT2D eigenvalue weighted by molar-refractivity contribution is 5.38. The van der Waals surface area contributed by atoms with Crippen molar-refractivity contribution in [2.45, 2.75) is 12.8 Å². The number of aryl methyl sites for hydroxylation is 2. The molecule has 3 rings (SSSR count). The summed E-state index contributed by atoms with van der Waals surface area (Å²) in [5.74, 6) is 0.989. The van der Waals surface area contributed by atoms with E-state index < -0.39 is 0 Å². The molecule has 4 nitrogen and oxygen atoms in total. The van der Waals surface area contributed by atoms with E-state index in [2.05, 4.69) is 44.7 Å². The van der Waals surface area contributed by atoms with Gasteiger partial charge in [0.15, 0.2) is 5.82 Å². The van der Waals surface area contributed by atoms with Gasteiger partial charge in [0.1, 0.15) is 0 Å². The SMILES string of the molecule is [c]1cccc(CCc2ccc(N3CCNCC3)nn2)c1. The molecule has 20 heavy (non-hydrogen) atoms. The molecule has 0 saturated carbocycles. The Bertz CT molecular complexity index is 518. The van der Waals surface area contributed by atoms with Crippen molar-refractivity contribution < 1.29 is 0 Å². The highest BCUT2D eigenvalue weighted by Crippen LogP contribution is 2.11. The molecule has 1 aromatic carbocycles. The first kappa shape index (κ1) is 13.1. The van der Waals surface area contributed by atoms with Gasteiger partial charge < -0.3 is 10.2 Å². The molecule has 0 unspecified atom stereocenters. The summed E-state index contributed by atoms with van der Waals surface area (Å²) in [7, 11) is 0. The van der Waals surface area contributed by atoms with Crippen LogP contribution in [0.15, 0.2) is 36.4 Å². The van der Waals surface area contributed by atoms with Crippen LogP contribution in [0.25, 0.3) is 0 Å². The molecule has 0 aliphatic carbocycles. The van der Waals surface area contributed by atoms with E-state index in [-0.39, 0.29) is 0 Å². The van der Waals surface area contributed by atoms with E-state index in [0.717, 1.165) is 50.5 Å². The molecular weight excluding hydrogens is 248 g/mol. The molecule has 0 bridgehead atoms. The quantitative estimate of drug-likeness (QED) is 0.911. The molecule has 1 aromatic heterocycles. The third-order valence-corrected chi connectivity index (χ3v) is 3.59. The van der Waals surface area contributed by atoms with Crippen molar-refractivity contribution in [3.8, 4) is 0 Å². The van der Waals surface area contributed by atoms with E-state index in [0.29, 0.717) is 0 Å². The van der Waals surface area contributed by atoms with E-state index >= 15 is 0 Å². The van der Waals surface area contributed by atoms with Crippen molar-refractivity contribution in [3.63, 3.8) is 0 Å². The van der Waals surface area contributed by atoms with Gasteiger partial charge in [-0.05, 0) is 36.6 Å². The van der Waals surface area contributed by atoms with Gasteiger partial charge in [-0.25, -0.2) is 0 Å². The Hall–Kier alpha value is -1.94. The fourth-order valence-corrected chi connectivity index (χ4v) is 2.41. The lowest BCUT2D eigenvalue weighted by atomic mass is 10.1. The molecule has 103 valence electrons. The van der Waals surface area contributed by atoms with Crippen LogP contribution < -0.4 is 10.2 Å². The predicted octanol–water partition coefficient (Wildman–Crippen LogP) is 1.47. The summed E-state index contributed by atoms with van der Waals surface area (Å²) in [4.78, 5) is 2.28. The molecule has 0 amide bonds. The Morgan fingerprint density at radius 1 is 1.10 bits per heavy atom. The van der Waals surface area contributed by atoms with Crippen LogP contribution in [-0.4, -0.2) is 36.4 Å². The molecule has 1 fully saturated rings. The predicted molar refractivity (Wildman–Crippen MR) is 79.8 cm³/mol. The zero-order valence-corrected chi connectivity index (χ0v) is 11.5. The van der Waals surface area contributed by atoms with Crippen molar-refractivity contribution >= 4 is 5.82 Å². The second-order valence-corrected chi connectivity index (χ2v) is 5.03. The summed E-state index contributed by atoms with van der Waals surface area (Å²) < 4.78 is 0. The van der Waals surface area contributed by atoms with Gasteiger partial charge in [0, 0.05) is 26.2 Å². The molecule has 1 N–H and O–H groups in total. The summed E-state index contributed by atoms with van der Waals surface area (Å²) >= 11 is 0. The van der Waals surface area contributed by atoms with Crippen LogP contribution in [0.3, 0.4) is 0 Å². The smallest absolute Gasteiger partial charge is 0.151 e. The van der Waals surface area contributed by atoms with E-state index in [1.165, 1.54) is 5.56 Å². The largest absolute Gasteiger partial charge is 0.353 e. The Morgan fingerprint density at radius 2 is 2.00 bits per heavy atom. The summed E-state index contributed by atoms with van der Waals surface area (Å²) in [5, 5.41) is 12.0. The number of aromatic nitrogens is 2. The van der Waals surface area contributed by atoms with Crippen LogP contribution in [0.4, 0.5) is 5.82 Å². The zero-order chi connectivity index (χ0) is 13.6. The number of rotatable bonds is 4. The third-order valence-electron chi connectivity index (χ3n) is 3.59. The van der Waals surface area contributed by atoms with Crippen LogP contribution in [0.1, 0.15) is 11.3 Å². The molecule has 1 saturated heterocycles. The Morgan fingerprint density at radius 3 is 2.70 bits per heavy atom. The minimum Gasteiger partial charge on any atom is -0.353 e. The summed E-state index contributed by atoms with van der Waals surface area (Å²) in [6, 6.07) is 15.4. The van der Waals surface area contributed by atoms with Crippen molar-refractivity contribution in [2.24, 2.45) is 0 Å². The first-order valence-corrected chi connectivity index (χ1v) is 7.15. The zero-order valence-electron chi connectivity index (χ0n) is 11.5. The number of piperazine rings is 1. The number of anilines is 1. The van der Waals surface area contributed by atoms with Crippen LogP contribution in [0, 0.1) is 6.07 Å². The van der Waals surface area contributed by atoms with Crippen LogP contribution in [0.2, 0.25) is 0 Å². The highest BCUT2D eigenvalue weighted by atomic mass is 15.3. The van der Waals surface area contributed by atoms with Gasteiger partial charge in [0.25, 0.3) is 0 Å². The van der Waals surface area contributed by atoms with Gasteiger partial charge in [0.2, 0.25) is 0 Å². The number of nitrogens with one attached hydrogen (secondary N) is 1. The van der Waals surface area contributed by atoms with Crippen molar-refractivity contribution in [3.05, 3.63) is 53.7 Å². The second-order valence-electron chi connectivity index (χ2n) is 5.03. The van der Waals surface area contributed by atoms with E-state index in [9.17, 15) is 0 Å². The molecule has 1 aliphatic rings. The third kappa shape index (κ3) is 3.33. The Kier molecular flexibility index (Phi) is 4.23. The molecule has 0 spiro atoms. The van der Waals surface area contributed by atoms with Gasteiger partial charge in [-0.3, -0.25) is 0 Å². The number of benzene rings is 1. The minimum atomic E-state index is 0.923. The van der Waals surface area contributed by atoms with E-state index in [4.69, 9.17) is 0 Å². The fourth-order valence-electron chi connectivity index (χ4n) is 2.41.